The molecule has 0 amide bonds. The van der Waals surface area contributed by atoms with Crippen molar-refractivity contribution in [3.8, 4) is 0 Å². The fourth-order valence-electron chi connectivity index (χ4n) is 0.285. The standard InChI is InChI=1S/2C4H4O4/c2*5-3(6)1-2-4(7)8/h2*1-2H,(H,5,6)(H,7,8)/b2-1+;. The van der Waals surface area contributed by atoms with Gasteiger partial charge in [-0.15, -0.1) is 0 Å². The Balaban J connectivity index is 0. The topological polar surface area (TPSA) is 149 Å². The summed E-state index contributed by atoms with van der Waals surface area (Å²) in [5.41, 5.74) is 0. The average Bonchev–Trinajstić information content (AvgIpc) is 2.12. The molecule has 4 N–H and O–H groups in total. The smallest absolute Gasteiger partial charge is 0.328 e. The Morgan fingerprint density at radius 1 is 0.500 bits per heavy atom. The molecule has 0 unspecified atom stereocenters. The Labute approximate surface area is 88.7 Å². The van der Waals surface area contributed by atoms with Gasteiger partial charge in [0.1, 0.15) is 0 Å². The molecule has 8 nitrogen and oxygen atoms in total. The molecule has 0 radical (unpaired) electrons. The minimum Gasteiger partial charge on any atom is -0.478 e. The minimum absolute atomic E-state index is 0.558. The lowest BCUT2D eigenvalue weighted by atomic mass is 10.5. The van der Waals surface area contributed by atoms with Gasteiger partial charge in [0, 0.05) is 24.3 Å². The first kappa shape index (κ1) is 15.8. The van der Waals surface area contributed by atoms with Crippen molar-refractivity contribution in [3.63, 3.8) is 0 Å². The molecule has 8 heteroatoms. The third kappa shape index (κ3) is 22.5. The number of carboxylic acid groups (broad SMARTS) is 4. The van der Waals surface area contributed by atoms with E-state index < -0.39 is 23.9 Å². The number of rotatable bonds is 4. The van der Waals surface area contributed by atoms with Crippen molar-refractivity contribution in [2.75, 3.05) is 0 Å². The molecule has 0 atom stereocenters. The van der Waals surface area contributed by atoms with Crippen molar-refractivity contribution in [2.45, 2.75) is 0 Å². The van der Waals surface area contributed by atoms with E-state index in [1.165, 1.54) is 0 Å². The van der Waals surface area contributed by atoms with E-state index in [1.807, 2.05) is 0 Å². The van der Waals surface area contributed by atoms with E-state index in [9.17, 15) is 19.2 Å². The van der Waals surface area contributed by atoms with Gasteiger partial charge in [0.25, 0.3) is 0 Å². The van der Waals surface area contributed by atoms with Crippen LogP contribution in [0.15, 0.2) is 24.3 Å². The Kier molecular flexibility index (Phi) is 8.83. The first-order chi connectivity index (χ1) is 7.25. The number of carboxylic acids is 4. The molecular formula is C8H8O8. The van der Waals surface area contributed by atoms with E-state index in [2.05, 4.69) is 0 Å². The highest BCUT2D eigenvalue weighted by Crippen LogP contribution is 1.71. The first-order valence-corrected chi connectivity index (χ1v) is 3.53. The molecule has 0 aromatic heterocycles. The highest BCUT2D eigenvalue weighted by molar-refractivity contribution is 5.90. The van der Waals surface area contributed by atoms with Crippen molar-refractivity contribution >= 4 is 23.9 Å². The number of hydrogen-bond acceptors (Lipinski definition) is 4. The summed E-state index contributed by atoms with van der Waals surface area (Å²) in [6, 6.07) is 0. The monoisotopic (exact) mass is 232 g/mol. The molecule has 0 aliphatic heterocycles. The maximum atomic E-state index is 9.55. The Morgan fingerprint density at radius 2 is 0.625 bits per heavy atom. The predicted molar refractivity (Wildman–Crippen MR) is 48.8 cm³/mol. The summed E-state index contributed by atoms with van der Waals surface area (Å²) in [4.78, 5) is 38.2. The van der Waals surface area contributed by atoms with Crippen molar-refractivity contribution < 1.29 is 39.6 Å². The van der Waals surface area contributed by atoms with Crippen molar-refractivity contribution in [1.82, 2.24) is 0 Å². The van der Waals surface area contributed by atoms with Crippen LogP contribution in [0.3, 0.4) is 0 Å². The van der Waals surface area contributed by atoms with Gasteiger partial charge in [0.15, 0.2) is 0 Å². The predicted octanol–water partition coefficient (Wildman–Crippen LogP) is -0.576. The average molecular weight is 232 g/mol. The summed E-state index contributed by atoms with van der Waals surface area (Å²) in [7, 11) is 0. The van der Waals surface area contributed by atoms with Gasteiger partial charge in [-0.05, 0) is 0 Å². The van der Waals surface area contributed by atoms with E-state index >= 15 is 0 Å². The summed E-state index contributed by atoms with van der Waals surface area (Å²) >= 11 is 0. The molecule has 0 fully saturated rings. The fraction of sp³-hybridized carbons (Fsp3) is 0. The Hall–Kier alpha value is -2.64. The normalized spacial score (nSPS) is 9.50. The largest absolute Gasteiger partial charge is 0.478 e. The molecule has 0 aliphatic rings. The van der Waals surface area contributed by atoms with Gasteiger partial charge in [-0.3, -0.25) is 0 Å². The van der Waals surface area contributed by atoms with Crippen LogP contribution in [0.25, 0.3) is 0 Å². The first-order valence-electron chi connectivity index (χ1n) is 3.53. The second kappa shape index (κ2) is 8.94. The molecule has 0 heterocycles. The molecule has 0 saturated carbocycles. The van der Waals surface area contributed by atoms with Crippen LogP contribution in [0, 0.1) is 0 Å². The number of carbonyl (C=O) groups is 4. The zero-order valence-electron chi connectivity index (χ0n) is 7.73. The SMILES string of the molecule is O=C(O)/C=C/C(=O)O.O=C(O)C=CC(=O)O. The lowest BCUT2D eigenvalue weighted by Crippen LogP contribution is -1.91. The van der Waals surface area contributed by atoms with Gasteiger partial charge in [-0.25, -0.2) is 19.2 Å². The van der Waals surface area contributed by atoms with Crippen LogP contribution < -0.4 is 0 Å². The van der Waals surface area contributed by atoms with Crippen LogP contribution in [0.4, 0.5) is 0 Å². The molecular weight excluding hydrogens is 224 g/mol. The second-order valence-corrected chi connectivity index (χ2v) is 2.02. The van der Waals surface area contributed by atoms with Crippen LogP contribution in [-0.4, -0.2) is 44.3 Å². The van der Waals surface area contributed by atoms with Crippen molar-refractivity contribution in [2.24, 2.45) is 0 Å². The summed E-state index contributed by atoms with van der Waals surface area (Å²) in [6.45, 7) is 0. The minimum atomic E-state index is -1.26. The Morgan fingerprint density at radius 3 is 0.688 bits per heavy atom. The van der Waals surface area contributed by atoms with Gasteiger partial charge >= 0.3 is 23.9 Å². The molecule has 16 heavy (non-hydrogen) atoms. The molecule has 0 rings (SSSR count). The Bertz CT molecular complexity index is 272. The van der Waals surface area contributed by atoms with Crippen LogP contribution in [0.5, 0.6) is 0 Å². The molecule has 0 aromatic rings. The molecule has 0 aliphatic carbocycles. The van der Waals surface area contributed by atoms with Gasteiger partial charge < -0.3 is 20.4 Å². The van der Waals surface area contributed by atoms with E-state index in [-0.39, 0.29) is 0 Å². The van der Waals surface area contributed by atoms with Crippen LogP contribution >= 0.6 is 0 Å². The fourth-order valence-corrected chi connectivity index (χ4v) is 0.285. The second-order valence-electron chi connectivity index (χ2n) is 2.02. The molecule has 0 saturated heterocycles. The summed E-state index contributed by atoms with van der Waals surface area (Å²) in [6.07, 6.45) is 2.23. The van der Waals surface area contributed by atoms with E-state index in [4.69, 9.17) is 20.4 Å². The van der Waals surface area contributed by atoms with Gasteiger partial charge in [0.2, 0.25) is 0 Å². The molecule has 0 bridgehead atoms. The number of hydrogen-bond donors (Lipinski definition) is 4. The van der Waals surface area contributed by atoms with Crippen molar-refractivity contribution in [1.29, 1.82) is 0 Å². The lowest BCUT2D eigenvalue weighted by molar-refractivity contribution is -0.134. The highest BCUT2D eigenvalue weighted by Gasteiger charge is 1.88. The van der Waals surface area contributed by atoms with Gasteiger partial charge in [-0.1, -0.05) is 0 Å². The molecule has 0 spiro atoms. The zero-order valence-corrected chi connectivity index (χ0v) is 7.73. The quantitative estimate of drug-likeness (QED) is 0.470. The van der Waals surface area contributed by atoms with Crippen LogP contribution in [0.2, 0.25) is 0 Å². The van der Waals surface area contributed by atoms with Gasteiger partial charge in [-0.2, -0.15) is 0 Å². The summed E-state index contributed by atoms with van der Waals surface area (Å²) in [5, 5.41) is 31.2. The zero-order chi connectivity index (χ0) is 13.1. The van der Waals surface area contributed by atoms with Crippen molar-refractivity contribution in [3.05, 3.63) is 24.3 Å². The summed E-state index contributed by atoms with van der Waals surface area (Å²) < 4.78 is 0. The summed E-state index contributed by atoms with van der Waals surface area (Å²) in [5.74, 6) is -5.03. The number of aliphatic carboxylic acids is 4. The third-order valence-corrected chi connectivity index (χ3v) is 0.737. The maximum Gasteiger partial charge on any atom is 0.328 e. The maximum absolute atomic E-state index is 9.55. The molecule has 88 valence electrons. The van der Waals surface area contributed by atoms with Crippen LogP contribution in [-0.2, 0) is 19.2 Å². The van der Waals surface area contributed by atoms with Gasteiger partial charge in [0.05, 0.1) is 0 Å². The van der Waals surface area contributed by atoms with E-state index in [0.29, 0.717) is 24.3 Å². The lowest BCUT2D eigenvalue weighted by Gasteiger charge is -1.74. The van der Waals surface area contributed by atoms with E-state index in [1.54, 1.807) is 0 Å². The van der Waals surface area contributed by atoms with Crippen LogP contribution in [0.1, 0.15) is 0 Å². The van der Waals surface area contributed by atoms with E-state index in [0.717, 1.165) is 0 Å². The molecule has 0 aromatic carbocycles. The highest BCUT2D eigenvalue weighted by atomic mass is 16.4. The third-order valence-electron chi connectivity index (χ3n) is 0.737.